The Balaban J connectivity index is 1.57. The van der Waals surface area contributed by atoms with Gasteiger partial charge in [0.15, 0.2) is 0 Å². The van der Waals surface area contributed by atoms with Gasteiger partial charge in [0.1, 0.15) is 5.75 Å². The lowest BCUT2D eigenvalue weighted by atomic mass is 10.2. The highest BCUT2D eigenvalue weighted by Crippen LogP contribution is 2.21. The van der Waals surface area contributed by atoms with E-state index in [0.717, 1.165) is 0 Å². The van der Waals surface area contributed by atoms with Crippen molar-refractivity contribution < 1.29 is 17.9 Å². The Morgan fingerprint density at radius 1 is 1.03 bits per heavy atom. The number of sulfonamides is 1. The van der Waals surface area contributed by atoms with Crippen LogP contribution < -0.4 is 10.1 Å². The van der Waals surface area contributed by atoms with Crippen molar-refractivity contribution in [3.8, 4) is 5.75 Å². The fraction of sp³-hybridized carbons (Fsp3) is 0.350. The second kappa shape index (κ2) is 9.13. The van der Waals surface area contributed by atoms with Crippen LogP contribution in [0, 0.1) is 0 Å². The second-order valence-corrected chi connectivity index (χ2v) is 9.16. The Kier molecular flexibility index (Phi) is 6.79. The van der Waals surface area contributed by atoms with Crippen LogP contribution in [0.25, 0.3) is 0 Å². The molecule has 1 amide bonds. The summed E-state index contributed by atoms with van der Waals surface area (Å²) in [4.78, 5) is 14.8. The highest BCUT2D eigenvalue weighted by Gasteiger charge is 2.31. The summed E-state index contributed by atoms with van der Waals surface area (Å²) in [6, 6.07) is 12.9. The minimum absolute atomic E-state index is 0.135. The summed E-state index contributed by atoms with van der Waals surface area (Å²) in [5, 5.41) is 3.37. The molecule has 1 N–H and O–H groups in total. The van der Waals surface area contributed by atoms with E-state index in [9.17, 15) is 13.2 Å². The van der Waals surface area contributed by atoms with Gasteiger partial charge in [0.05, 0.1) is 18.0 Å². The van der Waals surface area contributed by atoms with E-state index in [1.165, 1.54) is 16.4 Å². The number of carbonyl (C=O) groups is 1. The van der Waals surface area contributed by atoms with Gasteiger partial charge in [-0.15, -0.1) is 0 Å². The average molecular weight is 438 g/mol. The molecule has 29 heavy (non-hydrogen) atoms. The van der Waals surface area contributed by atoms with Gasteiger partial charge in [0, 0.05) is 36.9 Å². The van der Waals surface area contributed by atoms with Crippen LogP contribution in [0.1, 0.15) is 6.92 Å². The molecule has 0 bridgehead atoms. The van der Waals surface area contributed by atoms with E-state index in [0.29, 0.717) is 42.6 Å². The number of carbonyl (C=O) groups excluding carboxylic acids is 1. The number of nitrogens with one attached hydrogen (secondary N) is 1. The van der Waals surface area contributed by atoms with Gasteiger partial charge in [-0.1, -0.05) is 11.6 Å². The zero-order valence-corrected chi connectivity index (χ0v) is 17.9. The highest BCUT2D eigenvalue weighted by molar-refractivity contribution is 7.89. The molecule has 0 spiro atoms. The molecule has 1 atom stereocenters. The number of halogens is 1. The van der Waals surface area contributed by atoms with E-state index in [4.69, 9.17) is 16.3 Å². The van der Waals surface area contributed by atoms with E-state index in [1.54, 1.807) is 43.5 Å². The summed E-state index contributed by atoms with van der Waals surface area (Å²) in [6.45, 7) is 3.42. The van der Waals surface area contributed by atoms with Crippen LogP contribution in [0.15, 0.2) is 53.4 Å². The van der Waals surface area contributed by atoms with E-state index in [-0.39, 0.29) is 16.8 Å². The fourth-order valence-corrected chi connectivity index (χ4v) is 4.72. The Morgan fingerprint density at radius 3 is 2.17 bits per heavy atom. The van der Waals surface area contributed by atoms with E-state index in [2.05, 4.69) is 5.32 Å². The first-order valence-corrected chi connectivity index (χ1v) is 11.1. The van der Waals surface area contributed by atoms with Crippen molar-refractivity contribution >= 4 is 33.2 Å². The van der Waals surface area contributed by atoms with Gasteiger partial charge in [0.2, 0.25) is 15.9 Å². The molecule has 0 aromatic heterocycles. The minimum Gasteiger partial charge on any atom is -0.497 e. The standard InChI is InChI=1S/C20H24ClN3O4S/c1-15(20(25)22-17-5-7-18(28-2)8-6-17)23-11-13-24(14-12-23)29(26,27)19-9-3-16(21)4-10-19/h3-10,15H,11-14H2,1-2H3,(H,22,25). The van der Waals surface area contributed by atoms with Crippen molar-refractivity contribution in [2.24, 2.45) is 0 Å². The lowest BCUT2D eigenvalue weighted by Crippen LogP contribution is -2.53. The largest absolute Gasteiger partial charge is 0.497 e. The molecule has 9 heteroatoms. The van der Waals surface area contributed by atoms with Crippen LogP contribution in [-0.2, 0) is 14.8 Å². The third-order valence-electron chi connectivity index (χ3n) is 5.01. The number of methoxy groups -OCH3 is 1. The first-order valence-electron chi connectivity index (χ1n) is 9.26. The summed E-state index contributed by atoms with van der Waals surface area (Å²) >= 11 is 5.85. The maximum absolute atomic E-state index is 12.8. The number of rotatable bonds is 6. The number of anilines is 1. The molecule has 1 saturated heterocycles. The van der Waals surface area contributed by atoms with Crippen LogP contribution in [-0.4, -0.2) is 62.9 Å². The van der Waals surface area contributed by atoms with Crippen LogP contribution in [0.3, 0.4) is 0 Å². The number of nitrogens with zero attached hydrogens (tertiary/aromatic N) is 2. The molecule has 3 rings (SSSR count). The lowest BCUT2D eigenvalue weighted by molar-refractivity contribution is -0.121. The molecule has 156 valence electrons. The quantitative estimate of drug-likeness (QED) is 0.751. The first-order chi connectivity index (χ1) is 13.8. The molecule has 1 aliphatic heterocycles. The van der Waals surface area contributed by atoms with Gasteiger partial charge in [-0.2, -0.15) is 4.31 Å². The van der Waals surface area contributed by atoms with Crippen LogP contribution >= 0.6 is 11.6 Å². The van der Waals surface area contributed by atoms with Crippen molar-refractivity contribution in [2.75, 3.05) is 38.6 Å². The zero-order valence-electron chi connectivity index (χ0n) is 16.3. The van der Waals surface area contributed by atoms with Crippen molar-refractivity contribution in [3.05, 3.63) is 53.6 Å². The Bertz CT molecular complexity index is 941. The topological polar surface area (TPSA) is 79.0 Å². The Labute approximate surface area is 176 Å². The zero-order chi connectivity index (χ0) is 21.0. The third-order valence-corrected chi connectivity index (χ3v) is 7.17. The first kappa shape index (κ1) is 21.6. The molecule has 1 heterocycles. The smallest absolute Gasteiger partial charge is 0.243 e. The Hall–Kier alpha value is -2.13. The second-order valence-electron chi connectivity index (χ2n) is 6.79. The number of piperazine rings is 1. The van der Waals surface area contributed by atoms with Crippen molar-refractivity contribution in [2.45, 2.75) is 17.9 Å². The predicted octanol–water partition coefficient (Wildman–Crippen LogP) is 2.68. The summed E-state index contributed by atoms with van der Waals surface area (Å²) in [6.07, 6.45) is 0. The molecule has 1 fully saturated rings. The van der Waals surface area contributed by atoms with Gasteiger partial charge < -0.3 is 10.1 Å². The molecule has 2 aromatic carbocycles. The van der Waals surface area contributed by atoms with Crippen LogP contribution in [0.2, 0.25) is 5.02 Å². The number of hydrogen-bond acceptors (Lipinski definition) is 5. The van der Waals surface area contributed by atoms with E-state index < -0.39 is 10.0 Å². The lowest BCUT2D eigenvalue weighted by Gasteiger charge is -2.36. The van der Waals surface area contributed by atoms with Crippen molar-refractivity contribution in [1.29, 1.82) is 0 Å². The molecule has 1 unspecified atom stereocenters. The maximum atomic E-state index is 12.8. The van der Waals surface area contributed by atoms with Gasteiger partial charge in [-0.3, -0.25) is 9.69 Å². The molecular weight excluding hydrogens is 414 g/mol. The Morgan fingerprint density at radius 2 is 1.62 bits per heavy atom. The molecule has 2 aromatic rings. The summed E-state index contributed by atoms with van der Waals surface area (Å²) in [5.74, 6) is 0.582. The normalized spacial score (nSPS) is 16.9. The highest BCUT2D eigenvalue weighted by atomic mass is 35.5. The monoisotopic (exact) mass is 437 g/mol. The average Bonchev–Trinajstić information content (AvgIpc) is 2.74. The van der Waals surface area contributed by atoms with E-state index >= 15 is 0 Å². The molecule has 0 radical (unpaired) electrons. The van der Waals surface area contributed by atoms with E-state index in [1.807, 2.05) is 11.8 Å². The molecule has 0 aliphatic carbocycles. The van der Waals surface area contributed by atoms with Crippen LogP contribution in [0.5, 0.6) is 5.75 Å². The maximum Gasteiger partial charge on any atom is 0.243 e. The number of hydrogen-bond donors (Lipinski definition) is 1. The van der Waals surface area contributed by atoms with Gasteiger partial charge in [-0.25, -0.2) is 8.42 Å². The van der Waals surface area contributed by atoms with Gasteiger partial charge in [0.25, 0.3) is 0 Å². The van der Waals surface area contributed by atoms with Gasteiger partial charge >= 0.3 is 0 Å². The predicted molar refractivity (Wildman–Crippen MR) is 113 cm³/mol. The minimum atomic E-state index is -3.57. The van der Waals surface area contributed by atoms with Gasteiger partial charge in [-0.05, 0) is 55.5 Å². The summed E-state index contributed by atoms with van der Waals surface area (Å²) < 4.78 is 32.1. The summed E-state index contributed by atoms with van der Waals surface area (Å²) in [5.41, 5.74) is 0.687. The van der Waals surface area contributed by atoms with Crippen molar-refractivity contribution in [3.63, 3.8) is 0 Å². The number of benzene rings is 2. The molecular formula is C20H24ClN3O4S. The molecule has 1 aliphatic rings. The number of ether oxygens (including phenoxy) is 1. The third kappa shape index (κ3) is 5.08. The van der Waals surface area contributed by atoms with Crippen LogP contribution in [0.4, 0.5) is 5.69 Å². The molecule has 0 saturated carbocycles. The number of amides is 1. The summed E-state index contributed by atoms with van der Waals surface area (Å²) in [7, 11) is -1.98. The molecule has 7 nitrogen and oxygen atoms in total. The SMILES string of the molecule is COc1ccc(NC(=O)C(C)N2CCN(S(=O)(=O)c3ccc(Cl)cc3)CC2)cc1. The van der Waals surface area contributed by atoms with Crippen molar-refractivity contribution in [1.82, 2.24) is 9.21 Å². The fourth-order valence-electron chi connectivity index (χ4n) is 3.17.